The van der Waals surface area contributed by atoms with Crippen LogP contribution in [0.25, 0.3) is 0 Å². The summed E-state index contributed by atoms with van der Waals surface area (Å²) in [6, 6.07) is 5.81. The molecule has 1 aromatic rings. The van der Waals surface area contributed by atoms with Crippen molar-refractivity contribution in [2.24, 2.45) is 0 Å². The maximum absolute atomic E-state index is 12.2. The van der Waals surface area contributed by atoms with E-state index in [1.165, 1.54) is 12.1 Å². The molecule has 0 saturated carbocycles. The van der Waals surface area contributed by atoms with E-state index < -0.39 is 0 Å². The van der Waals surface area contributed by atoms with Crippen molar-refractivity contribution < 1.29 is 29.2 Å². The van der Waals surface area contributed by atoms with E-state index in [0.29, 0.717) is 5.56 Å². The van der Waals surface area contributed by atoms with Crippen LogP contribution in [-0.4, -0.2) is 23.1 Å². The van der Waals surface area contributed by atoms with Crippen LogP contribution in [-0.2, 0) is 0 Å². The molecule has 0 heterocycles. The summed E-state index contributed by atoms with van der Waals surface area (Å²) in [7, 11) is 0. The van der Waals surface area contributed by atoms with Gasteiger partial charge in [0.1, 0.15) is 5.82 Å². The number of rotatable bonds is 0. The van der Waals surface area contributed by atoms with Crippen LogP contribution in [0.1, 0.15) is 5.56 Å². The van der Waals surface area contributed by atoms with E-state index in [0.717, 1.165) is 0 Å². The van der Waals surface area contributed by atoms with Gasteiger partial charge in [0.25, 0.3) is 0 Å². The maximum Gasteiger partial charge on any atom is 2.00 e. The summed E-state index contributed by atoms with van der Waals surface area (Å²) in [6.07, 6.45) is 5.03. The normalized spacial score (nSPS) is 6.33. The first-order valence-corrected chi connectivity index (χ1v) is 2.55. The SMILES string of the molecule is C#Cc1ccc(F)cc1.[Cl-].[Cl-].[Mg+2]. The van der Waals surface area contributed by atoms with Gasteiger partial charge in [-0.3, -0.25) is 0 Å². The molecule has 0 nitrogen and oxygen atoms in total. The molecule has 0 unspecified atom stereocenters. The molecule has 0 bridgehead atoms. The summed E-state index contributed by atoms with van der Waals surface area (Å²) in [5.74, 6) is 2.13. The summed E-state index contributed by atoms with van der Waals surface area (Å²) < 4.78 is 12.2. The van der Waals surface area contributed by atoms with E-state index in [4.69, 9.17) is 6.42 Å². The van der Waals surface area contributed by atoms with Gasteiger partial charge in [0.15, 0.2) is 0 Å². The van der Waals surface area contributed by atoms with Crippen LogP contribution < -0.4 is 24.8 Å². The number of benzene rings is 1. The first-order valence-electron chi connectivity index (χ1n) is 2.55. The second kappa shape index (κ2) is 9.15. The minimum Gasteiger partial charge on any atom is -1.00 e. The Morgan fingerprint density at radius 2 is 1.50 bits per heavy atom. The third-order valence-corrected chi connectivity index (χ3v) is 1.01. The Balaban J connectivity index is -0.000000270. The Hall–Kier alpha value is 0.0562. The van der Waals surface area contributed by atoms with E-state index in [2.05, 4.69) is 5.92 Å². The van der Waals surface area contributed by atoms with Crippen LogP contribution in [0.5, 0.6) is 0 Å². The largest absolute Gasteiger partial charge is 2.00 e. The molecule has 1 rings (SSSR count). The van der Waals surface area contributed by atoms with Crippen molar-refractivity contribution >= 4 is 23.1 Å². The van der Waals surface area contributed by atoms with Gasteiger partial charge >= 0.3 is 23.1 Å². The third kappa shape index (κ3) is 5.67. The zero-order chi connectivity index (χ0) is 6.69. The molecule has 0 spiro atoms. The van der Waals surface area contributed by atoms with E-state index in [1.807, 2.05) is 0 Å². The molecule has 1 aromatic carbocycles. The van der Waals surface area contributed by atoms with Gasteiger partial charge in [0.05, 0.1) is 0 Å². The Labute approximate surface area is 99.9 Å². The zero-order valence-corrected chi connectivity index (χ0v) is 9.15. The smallest absolute Gasteiger partial charge is 1.00 e. The van der Waals surface area contributed by atoms with Crippen molar-refractivity contribution in [3.8, 4) is 12.3 Å². The minimum atomic E-state index is -0.256. The predicted octanol–water partition coefficient (Wildman–Crippen LogP) is -4.57. The van der Waals surface area contributed by atoms with Crippen molar-refractivity contribution in [3.63, 3.8) is 0 Å². The number of hydrogen-bond donors (Lipinski definition) is 0. The monoisotopic (exact) mass is 214 g/mol. The van der Waals surface area contributed by atoms with Crippen LogP contribution in [0.4, 0.5) is 4.39 Å². The van der Waals surface area contributed by atoms with Gasteiger partial charge in [-0.2, -0.15) is 0 Å². The first-order chi connectivity index (χ1) is 4.33. The Kier molecular flexibility index (Phi) is 13.7. The number of hydrogen-bond acceptors (Lipinski definition) is 0. The molecule has 0 fully saturated rings. The summed E-state index contributed by atoms with van der Waals surface area (Å²) in [6.45, 7) is 0. The van der Waals surface area contributed by atoms with Crippen molar-refractivity contribution in [2.75, 3.05) is 0 Å². The van der Waals surface area contributed by atoms with Crippen LogP contribution >= 0.6 is 0 Å². The van der Waals surface area contributed by atoms with Gasteiger partial charge in [-0.1, -0.05) is 5.92 Å². The molecule has 0 radical (unpaired) electrons. The molecule has 4 heteroatoms. The van der Waals surface area contributed by atoms with Crippen LogP contribution in [0.3, 0.4) is 0 Å². The predicted molar refractivity (Wildman–Crippen MR) is 40.1 cm³/mol. The molecule has 0 amide bonds. The van der Waals surface area contributed by atoms with Crippen LogP contribution in [0.2, 0.25) is 0 Å². The quantitative estimate of drug-likeness (QED) is 0.302. The van der Waals surface area contributed by atoms with Crippen LogP contribution in [0.15, 0.2) is 24.3 Å². The summed E-state index contributed by atoms with van der Waals surface area (Å²) in [4.78, 5) is 0. The molecular formula is C8H5Cl2FMg. The summed E-state index contributed by atoms with van der Waals surface area (Å²) in [5.41, 5.74) is 0.705. The van der Waals surface area contributed by atoms with E-state index in [1.54, 1.807) is 12.1 Å². The molecule has 0 N–H and O–H groups in total. The summed E-state index contributed by atoms with van der Waals surface area (Å²) >= 11 is 0. The molecule has 0 aliphatic rings. The maximum atomic E-state index is 12.2. The molecule has 12 heavy (non-hydrogen) atoms. The average molecular weight is 215 g/mol. The zero-order valence-electron chi connectivity index (χ0n) is 6.23. The molecule has 0 saturated heterocycles. The van der Waals surface area contributed by atoms with Crippen molar-refractivity contribution in [1.82, 2.24) is 0 Å². The van der Waals surface area contributed by atoms with Crippen LogP contribution in [0, 0.1) is 18.2 Å². The average Bonchev–Trinajstić information content (AvgIpc) is 1.90. The minimum absolute atomic E-state index is 0. The van der Waals surface area contributed by atoms with E-state index in [-0.39, 0.29) is 53.7 Å². The molecule has 0 atom stereocenters. The molecule has 0 aromatic heterocycles. The fourth-order valence-corrected chi connectivity index (χ4v) is 0.546. The van der Waals surface area contributed by atoms with Gasteiger partial charge < -0.3 is 24.8 Å². The Morgan fingerprint density at radius 3 is 1.83 bits per heavy atom. The van der Waals surface area contributed by atoms with Crippen molar-refractivity contribution in [1.29, 1.82) is 0 Å². The van der Waals surface area contributed by atoms with Gasteiger partial charge in [-0.05, 0) is 24.3 Å². The fourth-order valence-electron chi connectivity index (χ4n) is 0.546. The topological polar surface area (TPSA) is 0 Å². The van der Waals surface area contributed by atoms with Crippen molar-refractivity contribution in [3.05, 3.63) is 35.6 Å². The summed E-state index contributed by atoms with van der Waals surface area (Å²) in [5, 5.41) is 0. The second-order valence-electron chi connectivity index (χ2n) is 1.65. The molecule has 60 valence electrons. The second-order valence-corrected chi connectivity index (χ2v) is 1.65. The van der Waals surface area contributed by atoms with Crippen molar-refractivity contribution in [2.45, 2.75) is 0 Å². The first kappa shape index (κ1) is 18.0. The van der Waals surface area contributed by atoms with E-state index >= 15 is 0 Å². The number of terminal acetylenes is 1. The van der Waals surface area contributed by atoms with Gasteiger partial charge in [0.2, 0.25) is 0 Å². The van der Waals surface area contributed by atoms with E-state index in [9.17, 15) is 4.39 Å². The molecule has 0 aliphatic heterocycles. The van der Waals surface area contributed by atoms with Gasteiger partial charge in [-0.15, -0.1) is 6.42 Å². The Bertz CT molecular complexity index is 240. The Morgan fingerprint density at radius 1 is 1.08 bits per heavy atom. The van der Waals surface area contributed by atoms with Gasteiger partial charge in [0, 0.05) is 5.56 Å². The fraction of sp³-hybridized carbons (Fsp3) is 0. The van der Waals surface area contributed by atoms with Gasteiger partial charge in [-0.25, -0.2) is 4.39 Å². The third-order valence-electron chi connectivity index (χ3n) is 1.01. The molecule has 0 aliphatic carbocycles. The number of halogens is 3. The molecular weight excluding hydrogens is 210 g/mol. The standard InChI is InChI=1S/C8H5F.2ClH.Mg/c1-2-7-3-5-8(9)6-4-7;;;/h1,3-6H;2*1H;/q;;;+2/p-2.